The van der Waals surface area contributed by atoms with E-state index in [1.807, 2.05) is 24.3 Å². The first kappa shape index (κ1) is 24.0. The third kappa shape index (κ3) is 4.39. The molecule has 0 aromatic heterocycles. The summed E-state index contributed by atoms with van der Waals surface area (Å²) in [5.41, 5.74) is 6.33. The second-order valence-electron chi connectivity index (χ2n) is 10.3. The van der Waals surface area contributed by atoms with Gasteiger partial charge in [-0.2, -0.15) is 0 Å². The fourth-order valence-corrected chi connectivity index (χ4v) is 6.64. The highest BCUT2D eigenvalue weighted by Gasteiger charge is 2.48. The molecule has 1 aliphatic heterocycles. The molecular weight excluding hydrogens is 458 g/mol. The second kappa shape index (κ2) is 9.75. The molecule has 0 bridgehead atoms. The molecule has 184 valence electrons. The lowest BCUT2D eigenvalue weighted by Gasteiger charge is -2.27. The van der Waals surface area contributed by atoms with Crippen LogP contribution in [0.3, 0.4) is 0 Å². The van der Waals surface area contributed by atoms with Crippen molar-refractivity contribution in [2.75, 3.05) is 26.2 Å². The van der Waals surface area contributed by atoms with Crippen LogP contribution in [0.1, 0.15) is 65.8 Å². The minimum absolute atomic E-state index is 0. The van der Waals surface area contributed by atoms with Gasteiger partial charge in [-0.25, -0.2) is 0 Å². The van der Waals surface area contributed by atoms with Gasteiger partial charge in [-0.15, -0.1) is 12.4 Å². The summed E-state index contributed by atoms with van der Waals surface area (Å²) in [6, 6.07) is 20.3. The van der Waals surface area contributed by atoms with Gasteiger partial charge in [0.05, 0.1) is 0 Å². The maximum Gasteiger partial charge on any atom is 0.119 e. The van der Waals surface area contributed by atoms with E-state index >= 15 is 0 Å². The van der Waals surface area contributed by atoms with Crippen molar-refractivity contribution in [1.29, 1.82) is 0 Å². The number of rotatable bonds is 5. The molecule has 0 unspecified atom stereocenters. The molecule has 1 fully saturated rings. The molecule has 0 radical (unpaired) electrons. The van der Waals surface area contributed by atoms with Crippen LogP contribution >= 0.6 is 12.4 Å². The fraction of sp³-hybridized carbons (Fsp3) is 0.400. The summed E-state index contributed by atoms with van der Waals surface area (Å²) in [5, 5.41) is 20.3. The molecule has 2 aliphatic carbocycles. The molecule has 0 saturated carbocycles. The maximum atomic E-state index is 10.3. The number of phenolic OH excluding ortho intramolecular Hbond substituents is 2. The van der Waals surface area contributed by atoms with Gasteiger partial charge in [-0.1, -0.05) is 30.7 Å². The van der Waals surface area contributed by atoms with Gasteiger partial charge in [0.1, 0.15) is 23.9 Å². The van der Waals surface area contributed by atoms with Crippen molar-refractivity contribution >= 4 is 12.4 Å². The Kier molecular flexibility index (Phi) is 6.69. The monoisotopic (exact) mass is 491 g/mol. The number of nitrogens with zero attached hydrogens (tertiary/aromatic N) is 1. The predicted molar refractivity (Wildman–Crippen MR) is 141 cm³/mol. The molecular formula is C30H34ClNO3. The summed E-state index contributed by atoms with van der Waals surface area (Å²) >= 11 is 0. The number of likely N-dealkylation sites (tertiary alicyclic amines) is 1. The Bertz CT molecular complexity index is 1190. The van der Waals surface area contributed by atoms with Crippen LogP contribution in [0.4, 0.5) is 0 Å². The van der Waals surface area contributed by atoms with Crippen molar-refractivity contribution in [1.82, 2.24) is 4.90 Å². The fourth-order valence-electron chi connectivity index (χ4n) is 6.64. The number of hydrogen-bond donors (Lipinski definition) is 2. The van der Waals surface area contributed by atoms with E-state index in [2.05, 4.69) is 41.3 Å². The highest BCUT2D eigenvalue weighted by atomic mass is 35.5. The van der Waals surface area contributed by atoms with E-state index in [1.54, 1.807) is 0 Å². The van der Waals surface area contributed by atoms with E-state index in [9.17, 15) is 10.2 Å². The number of aryl methyl sites for hydroxylation is 1. The van der Waals surface area contributed by atoms with Gasteiger partial charge in [0.15, 0.2) is 0 Å². The zero-order chi connectivity index (χ0) is 23.1. The number of phenols is 2. The standard InChI is InChI=1S/C30H33NO3.ClH/c32-23-6-10-28-22(18-23)12-13-30(28)20-27(26-19-24(33)7-11-29(26)30)21-4-8-25(9-5-21)34-17-16-31-14-2-1-3-15-31;/h4-11,18-19,27,32-33H,1-3,12-17,20H2;1H/t27-,30+;/m0./s1. The summed E-state index contributed by atoms with van der Waals surface area (Å²) in [6.07, 6.45) is 6.97. The first-order valence-corrected chi connectivity index (χ1v) is 12.7. The van der Waals surface area contributed by atoms with Crippen LogP contribution in [0.5, 0.6) is 17.2 Å². The molecule has 3 aliphatic rings. The van der Waals surface area contributed by atoms with E-state index in [4.69, 9.17) is 4.74 Å². The lowest BCUT2D eigenvalue weighted by Crippen LogP contribution is -2.33. The van der Waals surface area contributed by atoms with Crippen molar-refractivity contribution in [3.05, 3.63) is 88.5 Å². The lowest BCUT2D eigenvalue weighted by molar-refractivity contribution is 0.183. The van der Waals surface area contributed by atoms with Gasteiger partial charge in [0.2, 0.25) is 0 Å². The normalized spacial score (nSPS) is 23.0. The number of fused-ring (bicyclic) bond motifs is 4. The number of piperidine rings is 1. The highest BCUT2D eigenvalue weighted by Crippen LogP contribution is 2.58. The first-order chi connectivity index (χ1) is 16.6. The van der Waals surface area contributed by atoms with Crippen LogP contribution in [0.2, 0.25) is 0 Å². The van der Waals surface area contributed by atoms with Crippen molar-refractivity contribution in [3.8, 4) is 17.2 Å². The number of halogens is 1. The zero-order valence-electron chi connectivity index (χ0n) is 20.1. The summed E-state index contributed by atoms with van der Waals surface area (Å²) in [5.74, 6) is 1.81. The number of hydrogen-bond acceptors (Lipinski definition) is 4. The minimum atomic E-state index is -0.0552. The van der Waals surface area contributed by atoms with Crippen LogP contribution in [0.25, 0.3) is 0 Å². The molecule has 1 saturated heterocycles. The Morgan fingerprint density at radius 1 is 0.857 bits per heavy atom. The molecule has 35 heavy (non-hydrogen) atoms. The SMILES string of the molecule is Cl.Oc1ccc2c(c1)CC[C@@]21C[C@@H](c2ccc(OCCN3CCCCC3)cc2)c2cc(O)ccc21. The summed E-state index contributed by atoms with van der Waals surface area (Å²) < 4.78 is 6.06. The highest BCUT2D eigenvalue weighted by molar-refractivity contribution is 5.85. The van der Waals surface area contributed by atoms with Crippen LogP contribution < -0.4 is 4.74 Å². The smallest absolute Gasteiger partial charge is 0.119 e. The number of ether oxygens (including phenoxy) is 1. The van der Waals surface area contributed by atoms with E-state index in [-0.39, 0.29) is 23.7 Å². The average Bonchev–Trinajstić information content (AvgIpc) is 3.38. The van der Waals surface area contributed by atoms with Crippen LogP contribution in [0, 0.1) is 0 Å². The van der Waals surface area contributed by atoms with Crippen molar-refractivity contribution in [2.45, 2.75) is 49.9 Å². The molecule has 2 atom stereocenters. The number of benzene rings is 3. The first-order valence-electron chi connectivity index (χ1n) is 12.7. The van der Waals surface area contributed by atoms with Crippen molar-refractivity contribution in [3.63, 3.8) is 0 Å². The predicted octanol–water partition coefficient (Wildman–Crippen LogP) is 6.15. The largest absolute Gasteiger partial charge is 0.508 e. The van der Waals surface area contributed by atoms with Gasteiger partial charge in [0.25, 0.3) is 0 Å². The van der Waals surface area contributed by atoms with Crippen molar-refractivity contribution < 1.29 is 14.9 Å². The van der Waals surface area contributed by atoms with Crippen molar-refractivity contribution in [2.24, 2.45) is 0 Å². The molecule has 1 spiro atoms. The molecule has 3 aromatic rings. The van der Waals surface area contributed by atoms with Gasteiger partial charge in [0, 0.05) is 17.9 Å². The summed E-state index contributed by atoms with van der Waals surface area (Å²) in [6.45, 7) is 4.11. The topological polar surface area (TPSA) is 52.9 Å². The van der Waals surface area contributed by atoms with E-state index in [0.717, 1.165) is 38.2 Å². The zero-order valence-corrected chi connectivity index (χ0v) is 20.9. The lowest BCUT2D eigenvalue weighted by atomic mass is 9.76. The third-order valence-corrected chi connectivity index (χ3v) is 8.31. The molecule has 1 heterocycles. The van der Waals surface area contributed by atoms with Crippen LogP contribution in [-0.2, 0) is 11.8 Å². The molecule has 5 heteroatoms. The Morgan fingerprint density at radius 3 is 2.34 bits per heavy atom. The Balaban J connectivity index is 0.00000253. The summed E-state index contributed by atoms with van der Waals surface area (Å²) in [7, 11) is 0. The van der Waals surface area contributed by atoms with Gasteiger partial charge in [-0.3, -0.25) is 4.90 Å². The van der Waals surface area contributed by atoms with Crippen LogP contribution in [0.15, 0.2) is 60.7 Å². The van der Waals surface area contributed by atoms with Gasteiger partial charge < -0.3 is 14.9 Å². The number of aromatic hydroxyl groups is 2. The summed E-state index contributed by atoms with van der Waals surface area (Å²) in [4.78, 5) is 2.50. The van der Waals surface area contributed by atoms with E-state index in [1.165, 1.54) is 60.2 Å². The Morgan fingerprint density at radius 2 is 1.57 bits per heavy atom. The molecule has 4 nitrogen and oxygen atoms in total. The minimum Gasteiger partial charge on any atom is -0.508 e. The molecule has 2 N–H and O–H groups in total. The maximum absolute atomic E-state index is 10.3. The molecule has 3 aromatic carbocycles. The van der Waals surface area contributed by atoms with E-state index < -0.39 is 0 Å². The quantitative estimate of drug-likeness (QED) is 0.449. The Hall–Kier alpha value is -2.69. The molecule has 6 rings (SSSR count). The van der Waals surface area contributed by atoms with Crippen LogP contribution in [-0.4, -0.2) is 41.4 Å². The second-order valence-corrected chi connectivity index (χ2v) is 10.3. The average molecular weight is 492 g/mol. The van der Waals surface area contributed by atoms with Gasteiger partial charge in [-0.05, 0) is 109 Å². The Labute approximate surface area is 214 Å². The molecule has 0 amide bonds. The van der Waals surface area contributed by atoms with E-state index in [0.29, 0.717) is 11.5 Å². The third-order valence-electron chi connectivity index (χ3n) is 8.31. The van der Waals surface area contributed by atoms with Gasteiger partial charge >= 0.3 is 0 Å².